The zero-order chi connectivity index (χ0) is 22.8. The average Bonchev–Trinajstić information content (AvgIpc) is 3.19. The highest BCUT2D eigenvalue weighted by Crippen LogP contribution is 2.34. The Labute approximate surface area is 190 Å². The minimum absolute atomic E-state index is 0.0536. The molecule has 0 aliphatic heterocycles. The first-order valence-corrected chi connectivity index (χ1v) is 10.1. The summed E-state index contributed by atoms with van der Waals surface area (Å²) in [5.74, 6) is 0.0213. The Balaban J connectivity index is 1.88. The van der Waals surface area contributed by atoms with E-state index in [1.54, 1.807) is 20.2 Å². The summed E-state index contributed by atoms with van der Waals surface area (Å²) in [7, 11) is 3.22. The van der Waals surface area contributed by atoms with Crippen LogP contribution in [0.4, 0.5) is 5.82 Å². The van der Waals surface area contributed by atoms with Crippen molar-refractivity contribution in [3.8, 4) is 22.9 Å². The molecule has 8 heteroatoms. The number of carbonyl (C=O) groups excluding carboxylic acids is 1. The molecule has 0 saturated carbocycles. The van der Waals surface area contributed by atoms with E-state index in [-0.39, 0.29) is 11.5 Å². The number of benzene rings is 2. The summed E-state index contributed by atoms with van der Waals surface area (Å²) in [5.41, 5.74) is 10.2. The fraction of sp³-hybridized carbons (Fsp3) is 0.0833. The maximum Gasteiger partial charge on any atom is 0.264 e. The van der Waals surface area contributed by atoms with Crippen LogP contribution in [0.2, 0.25) is 5.02 Å². The molecule has 4 rings (SSSR count). The SMILES string of the molecule is CN(C)C(=O)C(C#N)=Cc1cccc(-n2cc(-c3ccc(Cl)cc3)c3c(N)ncnc32)c1. The predicted molar refractivity (Wildman–Crippen MR) is 126 cm³/mol. The number of halogens is 1. The Hall–Kier alpha value is -4.15. The number of amides is 1. The van der Waals surface area contributed by atoms with Crippen LogP contribution in [0.25, 0.3) is 33.9 Å². The molecule has 0 spiro atoms. The van der Waals surface area contributed by atoms with Gasteiger partial charge in [-0.15, -0.1) is 0 Å². The Bertz CT molecular complexity index is 1400. The number of nitrogens with two attached hydrogens (primary N) is 1. The van der Waals surface area contributed by atoms with Crippen LogP contribution in [-0.4, -0.2) is 39.4 Å². The molecule has 158 valence electrons. The number of hydrogen-bond acceptors (Lipinski definition) is 5. The second-order valence-corrected chi connectivity index (χ2v) is 7.78. The lowest BCUT2D eigenvalue weighted by Gasteiger charge is -2.09. The second-order valence-electron chi connectivity index (χ2n) is 7.34. The molecule has 0 atom stereocenters. The number of rotatable bonds is 4. The van der Waals surface area contributed by atoms with Crippen molar-refractivity contribution in [1.29, 1.82) is 5.26 Å². The Morgan fingerprint density at radius 2 is 1.94 bits per heavy atom. The molecule has 0 radical (unpaired) electrons. The van der Waals surface area contributed by atoms with Crippen molar-refractivity contribution < 1.29 is 4.79 Å². The summed E-state index contributed by atoms with van der Waals surface area (Å²) < 4.78 is 1.91. The normalized spacial score (nSPS) is 11.4. The number of likely N-dealkylation sites (N-methyl/N-ethyl adjacent to an activating group) is 1. The fourth-order valence-electron chi connectivity index (χ4n) is 3.44. The minimum Gasteiger partial charge on any atom is -0.383 e. The van der Waals surface area contributed by atoms with Gasteiger partial charge in [0, 0.05) is 36.6 Å². The minimum atomic E-state index is -0.352. The van der Waals surface area contributed by atoms with Crippen LogP contribution in [0.3, 0.4) is 0 Å². The van der Waals surface area contributed by atoms with E-state index in [4.69, 9.17) is 17.3 Å². The van der Waals surface area contributed by atoms with Gasteiger partial charge in [-0.25, -0.2) is 9.97 Å². The maximum atomic E-state index is 12.2. The standard InChI is InChI=1S/C24H19ClN6O/c1-30(2)24(32)17(12-26)10-15-4-3-5-19(11-15)31-13-20(16-6-8-18(25)9-7-16)21-22(27)28-14-29-23(21)31/h3-11,13-14H,1-2H3,(H2,27,28,29). The first kappa shape index (κ1) is 21.1. The van der Waals surface area contributed by atoms with Crippen molar-refractivity contribution >= 4 is 40.4 Å². The monoisotopic (exact) mass is 442 g/mol. The van der Waals surface area contributed by atoms with Crippen LogP contribution in [-0.2, 0) is 4.79 Å². The zero-order valence-corrected chi connectivity index (χ0v) is 18.2. The van der Waals surface area contributed by atoms with Crippen LogP contribution in [0.1, 0.15) is 5.56 Å². The van der Waals surface area contributed by atoms with E-state index in [1.165, 1.54) is 11.2 Å². The highest BCUT2D eigenvalue weighted by Gasteiger charge is 2.17. The lowest BCUT2D eigenvalue weighted by molar-refractivity contribution is -0.124. The van der Waals surface area contributed by atoms with Crippen LogP contribution >= 0.6 is 11.6 Å². The third-order valence-electron chi connectivity index (χ3n) is 4.98. The number of nitrogen functional groups attached to an aromatic ring is 1. The van der Waals surface area contributed by atoms with E-state index in [9.17, 15) is 10.1 Å². The number of aromatic nitrogens is 3. The van der Waals surface area contributed by atoms with Gasteiger partial charge in [-0.2, -0.15) is 5.26 Å². The van der Waals surface area contributed by atoms with E-state index in [0.29, 0.717) is 22.1 Å². The van der Waals surface area contributed by atoms with Crippen molar-refractivity contribution in [3.05, 3.63) is 77.2 Å². The molecule has 2 aromatic carbocycles. The van der Waals surface area contributed by atoms with Gasteiger partial charge in [-0.1, -0.05) is 35.9 Å². The quantitative estimate of drug-likeness (QED) is 0.374. The molecule has 0 unspecified atom stereocenters. The zero-order valence-electron chi connectivity index (χ0n) is 17.5. The van der Waals surface area contributed by atoms with Crippen molar-refractivity contribution in [2.24, 2.45) is 0 Å². The molecule has 0 fully saturated rings. The van der Waals surface area contributed by atoms with Crippen LogP contribution in [0.5, 0.6) is 0 Å². The van der Waals surface area contributed by atoms with Gasteiger partial charge in [-0.05, 0) is 41.5 Å². The third-order valence-corrected chi connectivity index (χ3v) is 5.24. The summed E-state index contributed by atoms with van der Waals surface area (Å²) in [6.07, 6.45) is 4.94. The summed E-state index contributed by atoms with van der Waals surface area (Å²) in [6.45, 7) is 0. The first-order valence-electron chi connectivity index (χ1n) is 9.70. The number of anilines is 1. The maximum absolute atomic E-state index is 12.2. The van der Waals surface area contributed by atoms with Crippen molar-refractivity contribution in [2.75, 3.05) is 19.8 Å². The van der Waals surface area contributed by atoms with Crippen molar-refractivity contribution in [1.82, 2.24) is 19.4 Å². The van der Waals surface area contributed by atoms with E-state index in [0.717, 1.165) is 22.2 Å². The van der Waals surface area contributed by atoms with E-state index in [2.05, 4.69) is 9.97 Å². The fourth-order valence-corrected chi connectivity index (χ4v) is 3.57. The molecule has 0 bridgehead atoms. The lowest BCUT2D eigenvalue weighted by Crippen LogP contribution is -2.22. The second kappa shape index (κ2) is 8.53. The first-order chi connectivity index (χ1) is 15.4. The van der Waals surface area contributed by atoms with Gasteiger partial charge in [-0.3, -0.25) is 4.79 Å². The molecule has 2 heterocycles. The topological polar surface area (TPSA) is 101 Å². The van der Waals surface area contributed by atoms with Gasteiger partial charge in [0.2, 0.25) is 0 Å². The van der Waals surface area contributed by atoms with Crippen molar-refractivity contribution in [3.63, 3.8) is 0 Å². The summed E-state index contributed by atoms with van der Waals surface area (Å²) in [6, 6.07) is 16.9. The third kappa shape index (κ3) is 3.92. The largest absolute Gasteiger partial charge is 0.383 e. The van der Waals surface area contributed by atoms with Gasteiger partial charge >= 0.3 is 0 Å². The molecule has 0 aliphatic rings. The molecular weight excluding hydrogens is 424 g/mol. The average molecular weight is 443 g/mol. The molecule has 0 saturated heterocycles. The number of hydrogen-bond donors (Lipinski definition) is 1. The van der Waals surface area contributed by atoms with E-state index >= 15 is 0 Å². The molecular formula is C24H19ClN6O. The lowest BCUT2D eigenvalue weighted by atomic mass is 10.1. The number of carbonyl (C=O) groups is 1. The van der Waals surface area contributed by atoms with Gasteiger partial charge in [0.25, 0.3) is 5.91 Å². The van der Waals surface area contributed by atoms with Gasteiger partial charge in [0.15, 0.2) is 5.65 Å². The number of nitrogens with zero attached hydrogens (tertiary/aromatic N) is 5. The van der Waals surface area contributed by atoms with Crippen LogP contribution in [0.15, 0.2) is 66.6 Å². The Morgan fingerprint density at radius 3 is 2.62 bits per heavy atom. The number of nitriles is 1. The van der Waals surface area contributed by atoms with Gasteiger partial charge < -0.3 is 15.2 Å². The Kier molecular flexibility index (Phi) is 5.63. The summed E-state index contributed by atoms with van der Waals surface area (Å²) >= 11 is 6.05. The molecule has 2 aromatic heterocycles. The molecule has 2 N–H and O–H groups in total. The van der Waals surface area contributed by atoms with E-state index < -0.39 is 0 Å². The molecule has 1 amide bonds. The van der Waals surface area contributed by atoms with Gasteiger partial charge in [0.1, 0.15) is 23.8 Å². The highest BCUT2D eigenvalue weighted by molar-refractivity contribution is 6.30. The molecule has 0 aliphatic carbocycles. The van der Waals surface area contributed by atoms with E-state index in [1.807, 2.05) is 65.4 Å². The van der Waals surface area contributed by atoms with Crippen molar-refractivity contribution in [2.45, 2.75) is 0 Å². The number of fused-ring (bicyclic) bond motifs is 1. The van der Waals surface area contributed by atoms with Crippen LogP contribution in [0, 0.1) is 11.3 Å². The Morgan fingerprint density at radius 1 is 1.19 bits per heavy atom. The smallest absolute Gasteiger partial charge is 0.264 e. The predicted octanol–water partition coefficient (Wildman–Crippen LogP) is 4.32. The summed E-state index contributed by atoms with van der Waals surface area (Å²) in [5, 5.41) is 10.8. The highest BCUT2D eigenvalue weighted by atomic mass is 35.5. The molecule has 7 nitrogen and oxygen atoms in total. The molecule has 4 aromatic rings. The summed E-state index contributed by atoms with van der Waals surface area (Å²) in [4.78, 5) is 22.2. The van der Waals surface area contributed by atoms with Crippen LogP contribution < -0.4 is 5.73 Å². The van der Waals surface area contributed by atoms with Gasteiger partial charge in [0.05, 0.1) is 5.39 Å². The molecule has 32 heavy (non-hydrogen) atoms.